The molecule has 4 nitrogen and oxygen atoms in total. The third-order valence-corrected chi connectivity index (χ3v) is 5.86. The normalized spacial score (nSPS) is 20.4. The molecule has 2 aromatic rings. The molecule has 1 unspecified atom stereocenters. The third kappa shape index (κ3) is 4.28. The van der Waals surface area contributed by atoms with Gasteiger partial charge in [-0.25, -0.2) is 0 Å². The van der Waals surface area contributed by atoms with Crippen molar-refractivity contribution >= 4 is 5.69 Å². The summed E-state index contributed by atoms with van der Waals surface area (Å²) in [6.07, 6.45) is 2.39. The van der Waals surface area contributed by atoms with E-state index in [1.165, 1.54) is 22.4 Å². The molecule has 144 valence electrons. The Morgan fingerprint density at radius 3 is 2.56 bits per heavy atom. The van der Waals surface area contributed by atoms with E-state index in [4.69, 9.17) is 9.47 Å². The topological polar surface area (TPSA) is 24.9 Å². The van der Waals surface area contributed by atoms with Crippen molar-refractivity contribution < 1.29 is 9.47 Å². The molecule has 4 rings (SSSR count). The van der Waals surface area contributed by atoms with Crippen LogP contribution in [0.5, 0.6) is 5.75 Å². The molecular formula is C23H30N2O2. The zero-order valence-electron chi connectivity index (χ0n) is 16.5. The summed E-state index contributed by atoms with van der Waals surface area (Å²) in [4.78, 5) is 5.04. The van der Waals surface area contributed by atoms with Crippen LogP contribution in [0.4, 0.5) is 5.69 Å². The summed E-state index contributed by atoms with van der Waals surface area (Å²) in [5.74, 6) is 0.917. The molecule has 2 heterocycles. The van der Waals surface area contributed by atoms with E-state index >= 15 is 0 Å². The minimum atomic E-state index is 0.258. The van der Waals surface area contributed by atoms with Crippen molar-refractivity contribution in [2.45, 2.75) is 25.9 Å². The van der Waals surface area contributed by atoms with E-state index in [0.717, 1.165) is 57.9 Å². The smallest absolute Gasteiger partial charge is 0.119 e. The molecule has 2 aliphatic rings. The van der Waals surface area contributed by atoms with Crippen molar-refractivity contribution in [3.8, 4) is 5.75 Å². The van der Waals surface area contributed by atoms with Crippen LogP contribution in [0, 0.1) is 6.92 Å². The van der Waals surface area contributed by atoms with Crippen LogP contribution in [-0.4, -0.2) is 51.3 Å². The number of hydrogen-bond acceptors (Lipinski definition) is 4. The first kappa shape index (κ1) is 18.3. The van der Waals surface area contributed by atoms with Crippen molar-refractivity contribution in [2.75, 3.05) is 51.3 Å². The van der Waals surface area contributed by atoms with Crippen LogP contribution in [0.1, 0.15) is 29.2 Å². The van der Waals surface area contributed by atoms with E-state index < -0.39 is 0 Å². The first-order valence-electron chi connectivity index (χ1n) is 10.1. The highest BCUT2D eigenvalue weighted by atomic mass is 16.5. The van der Waals surface area contributed by atoms with E-state index in [0.29, 0.717) is 0 Å². The van der Waals surface area contributed by atoms with Gasteiger partial charge in [-0.05, 0) is 55.2 Å². The highest BCUT2D eigenvalue weighted by molar-refractivity contribution is 5.49. The number of hydrogen-bond donors (Lipinski definition) is 0. The number of nitrogens with zero attached hydrogens (tertiary/aromatic N) is 2. The molecule has 0 spiro atoms. The standard InChI is InChI=1S/C23H30N2O2/c1-18-3-4-19-10-16-27-23(22(19)17-18)9-11-24-12-14-25(15-13-24)20-5-7-21(26-2)8-6-20/h3-8,17,23H,9-16H2,1-2H3. The van der Waals surface area contributed by atoms with Gasteiger partial charge >= 0.3 is 0 Å². The fourth-order valence-corrected chi connectivity index (χ4v) is 4.20. The van der Waals surface area contributed by atoms with Crippen LogP contribution < -0.4 is 9.64 Å². The Labute approximate surface area is 162 Å². The maximum atomic E-state index is 6.11. The summed E-state index contributed by atoms with van der Waals surface area (Å²) in [7, 11) is 1.71. The molecule has 1 saturated heterocycles. The van der Waals surface area contributed by atoms with Gasteiger partial charge in [-0.3, -0.25) is 4.90 Å². The Morgan fingerprint density at radius 1 is 1.04 bits per heavy atom. The Bertz CT molecular complexity index is 751. The molecule has 4 heteroatoms. The fraction of sp³-hybridized carbons (Fsp3) is 0.478. The van der Waals surface area contributed by atoms with E-state index in [9.17, 15) is 0 Å². The molecule has 27 heavy (non-hydrogen) atoms. The number of benzene rings is 2. The van der Waals surface area contributed by atoms with Crippen molar-refractivity contribution in [3.63, 3.8) is 0 Å². The first-order valence-corrected chi connectivity index (χ1v) is 10.1. The highest BCUT2D eigenvalue weighted by Gasteiger charge is 2.23. The lowest BCUT2D eigenvalue weighted by Gasteiger charge is -2.37. The molecule has 1 fully saturated rings. The number of ether oxygens (including phenoxy) is 2. The van der Waals surface area contributed by atoms with Gasteiger partial charge in [0.1, 0.15) is 5.75 Å². The number of fused-ring (bicyclic) bond motifs is 1. The predicted molar refractivity (Wildman–Crippen MR) is 110 cm³/mol. The van der Waals surface area contributed by atoms with Gasteiger partial charge in [-0.2, -0.15) is 0 Å². The van der Waals surface area contributed by atoms with Gasteiger partial charge < -0.3 is 14.4 Å². The van der Waals surface area contributed by atoms with Crippen molar-refractivity contribution in [2.24, 2.45) is 0 Å². The number of aryl methyl sites for hydroxylation is 1. The molecule has 0 aromatic heterocycles. The molecule has 0 amide bonds. The zero-order valence-corrected chi connectivity index (χ0v) is 16.5. The van der Waals surface area contributed by atoms with Crippen molar-refractivity contribution in [3.05, 3.63) is 59.2 Å². The van der Waals surface area contributed by atoms with Gasteiger partial charge in [0.15, 0.2) is 0 Å². The maximum absolute atomic E-state index is 6.11. The molecule has 0 saturated carbocycles. The van der Waals surface area contributed by atoms with Gasteiger partial charge in [0.25, 0.3) is 0 Å². The lowest BCUT2D eigenvalue weighted by Crippen LogP contribution is -2.46. The molecule has 0 bridgehead atoms. The number of piperazine rings is 1. The number of anilines is 1. The van der Waals surface area contributed by atoms with E-state index in [2.05, 4.69) is 47.1 Å². The Hall–Kier alpha value is -2.04. The number of methoxy groups -OCH3 is 1. The largest absolute Gasteiger partial charge is 0.497 e. The van der Waals surface area contributed by atoms with Crippen LogP contribution in [0.2, 0.25) is 0 Å². The maximum Gasteiger partial charge on any atom is 0.119 e. The molecule has 0 N–H and O–H groups in total. The Balaban J connectivity index is 1.29. The predicted octanol–water partition coefficient (Wildman–Crippen LogP) is 3.83. The third-order valence-electron chi connectivity index (χ3n) is 5.86. The van der Waals surface area contributed by atoms with Crippen LogP contribution in [-0.2, 0) is 11.2 Å². The van der Waals surface area contributed by atoms with Gasteiger partial charge in [0.2, 0.25) is 0 Å². The van der Waals surface area contributed by atoms with Crippen molar-refractivity contribution in [1.29, 1.82) is 0 Å². The van der Waals surface area contributed by atoms with Crippen LogP contribution >= 0.6 is 0 Å². The first-order chi connectivity index (χ1) is 13.2. The van der Waals surface area contributed by atoms with E-state index in [1.54, 1.807) is 7.11 Å². The Kier molecular flexibility index (Phi) is 5.65. The Morgan fingerprint density at radius 2 is 1.81 bits per heavy atom. The summed E-state index contributed by atoms with van der Waals surface area (Å²) < 4.78 is 11.4. The fourth-order valence-electron chi connectivity index (χ4n) is 4.20. The highest BCUT2D eigenvalue weighted by Crippen LogP contribution is 2.31. The van der Waals surface area contributed by atoms with Crippen LogP contribution in [0.3, 0.4) is 0 Å². The van der Waals surface area contributed by atoms with Crippen molar-refractivity contribution in [1.82, 2.24) is 4.90 Å². The lowest BCUT2D eigenvalue weighted by molar-refractivity contribution is 0.0289. The van der Waals surface area contributed by atoms with Gasteiger partial charge in [0.05, 0.1) is 19.8 Å². The molecule has 2 aliphatic heterocycles. The number of rotatable bonds is 5. The minimum Gasteiger partial charge on any atom is -0.497 e. The molecule has 0 aliphatic carbocycles. The average Bonchev–Trinajstić information content (AvgIpc) is 2.73. The SMILES string of the molecule is COc1ccc(N2CCN(CCC3OCCc4ccc(C)cc43)CC2)cc1. The summed E-state index contributed by atoms with van der Waals surface area (Å²) in [5.41, 5.74) is 5.51. The minimum absolute atomic E-state index is 0.258. The molecule has 2 aromatic carbocycles. The summed E-state index contributed by atoms with van der Waals surface area (Å²) in [5, 5.41) is 0. The summed E-state index contributed by atoms with van der Waals surface area (Å²) >= 11 is 0. The molecule has 0 radical (unpaired) electrons. The summed E-state index contributed by atoms with van der Waals surface area (Å²) in [6.45, 7) is 8.50. The average molecular weight is 367 g/mol. The second-order valence-electron chi connectivity index (χ2n) is 7.63. The van der Waals surface area contributed by atoms with Gasteiger partial charge in [-0.1, -0.05) is 23.8 Å². The quantitative estimate of drug-likeness (QED) is 0.803. The van der Waals surface area contributed by atoms with E-state index in [1.807, 2.05) is 12.1 Å². The second kappa shape index (κ2) is 8.32. The molecule has 1 atom stereocenters. The monoisotopic (exact) mass is 366 g/mol. The molecular weight excluding hydrogens is 336 g/mol. The van der Waals surface area contributed by atoms with Gasteiger partial charge in [0, 0.05) is 38.4 Å². The lowest BCUT2D eigenvalue weighted by atomic mass is 9.94. The van der Waals surface area contributed by atoms with E-state index in [-0.39, 0.29) is 6.10 Å². The van der Waals surface area contributed by atoms with Gasteiger partial charge in [-0.15, -0.1) is 0 Å². The van der Waals surface area contributed by atoms with Crippen LogP contribution in [0.15, 0.2) is 42.5 Å². The summed E-state index contributed by atoms with van der Waals surface area (Å²) in [6, 6.07) is 15.2. The zero-order chi connectivity index (χ0) is 18.6. The van der Waals surface area contributed by atoms with Crippen LogP contribution in [0.25, 0.3) is 0 Å². The second-order valence-corrected chi connectivity index (χ2v) is 7.63.